The van der Waals surface area contributed by atoms with Crippen molar-refractivity contribution in [2.24, 2.45) is 0 Å². The molecule has 0 atom stereocenters. The number of Topliss-reactive ketones (excluding diaryl/α,β-unsaturated/α-hetero) is 1. The van der Waals surface area contributed by atoms with Gasteiger partial charge in [0.1, 0.15) is 11.4 Å². The summed E-state index contributed by atoms with van der Waals surface area (Å²) in [6, 6.07) is 19.8. The molecule has 15 heteroatoms. The summed E-state index contributed by atoms with van der Waals surface area (Å²) in [5.41, 5.74) is 1.01. The molecule has 226 valence electrons. The van der Waals surface area contributed by atoms with Crippen LogP contribution in [0.2, 0.25) is 0 Å². The molecular weight excluding hydrogens is 582 g/mol. The Hall–Kier alpha value is -5.21. The molecular formula is C28H24F6N6O3. The minimum atomic E-state index is -4.85. The molecule has 0 saturated carbocycles. The van der Waals surface area contributed by atoms with Gasteiger partial charge in [0.25, 0.3) is 0 Å². The number of carbonyl (C=O) groups is 2. The molecule has 5 aromatic rings. The molecule has 0 aliphatic heterocycles. The van der Waals surface area contributed by atoms with Crippen molar-refractivity contribution in [3.8, 4) is 22.9 Å². The number of para-hydroxylation sites is 2. The maximum absolute atomic E-state index is 12.6. The van der Waals surface area contributed by atoms with Gasteiger partial charge in [0.15, 0.2) is 17.4 Å². The van der Waals surface area contributed by atoms with E-state index in [1.54, 1.807) is 27.7 Å². The van der Waals surface area contributed by atoms with Crippen LogP contribution in [0, 0.1) is 0 Å². The molecule has 3 aromatic heterocycles. The molecule has 9 nitrogen and oxygen atoms in total. The molecule has 0 bridgehead atoms. The monoisotopic (exact) mass is 606 g/mol. The van der Waals surface area contributed by atoms with E-state index in [0.29, 0.717) is 11.6 Å². The summed E-state index contributed by atoms with van der Waals surface area (Å²) in [5, 5.41) is 5.67. The molecule has 0 unspecified atom stereocenters. The van der Waals surface area contributed by atoms with Gasteiger partial charge in [-0.25, -0.2) is 14.8 Å². The first-order valence-corrected chi connectivity index (χ1v) is 12.4. The third-order valence-corrected chi connectivity index (χ3v) is 5.28. The summed E-state index contributed by atoms with van der Waals surface area (Å²) < 4.78 is 78.3. The van der Waals surface area contributed by atoms with Gasteiger partial charge in [0.2, 0.25) is 0 Å². The number of imidazole rings is 2. The van der Waals surface area contributed by atoms with Crippen LogP contribution in [-0.2, 0) is 15.7 Å². The van der Waals surface area contributed by atoms with E-state index in [-0.39, 0.29) is 18.1 Å². The van der Waals surface area contributed by atoms with Crippen LogP contribution in [0.3, 0.4) is 0 Å². The lowest BCUT2D eigenvalue weighted by Crippen LogP contribution is -2.25. The summed E-state index contributed by atoms with van der Waals surface area (Å²) >= 11 is 0. The first kappa shape index (κ1) is 32.3. The molecule has 0 fully saturated rings. The van der Waals surface area contributed by atoms with E-state index in [1.165, 1.54) is 20.0 Å². The maximum atomic E-state index is 12.6. The quantitative estimate of drug-likeness (QED) is 0.140. The number of esters is 1. The number of carbonyl (C=O) groups excluding carboxylic acids is 2. The SMILES string of the molecule is CC(=O)c1nccn1-c1ccccc1.CCOC(=O)C(F)(F)F.FC(F)(F)c1cc(-c2nccn2-c2ccccc2)n[nH]1. The normalized spacial score (nSPS) is 11.1. The number of ketones is 1. The van der Waals surface area contributed by atoms with Gasteiger partial charge in [-0.2, -0.15) is 31.4 Å². The lowest BCUT2D eigenvalue weighted by Gasteiger charge is -2.05. The number of ether oxygens (including phenoxy) is 1. The Morgan fingerprint density at radius 1 is 0.837 bits per heavy atom. The number of aromatic nitrogens is 6. The van der Waals surface area contributed by atoms with Gasteiger partial charge in [-0.15, -0.1) is 0 Å². The zero-order valence-electron chi connectivity index (χ0n) is 22.6. The van der Waals surface area contributed by atoms with Gasteiger partial charge in [-0.05, 0) is 37.3 Å². The highest BCUT2D eigenvalue weighted by molar-refractivity contribution is 5.91. The third kappa shape index (κ3) is 8.89. The molecule has 0 radical (unpaired) electrons. The Labute approximate surface area is 240 Å². The predicted octanol–water partition coefficient (Wildman–Crippen LogP) is 6.47. The molecule has 0 amide bonds. The fraction of sp³-hybridized carbons (Fsp3) is 0.179. The van der Waals surface area contributed by atoms with E-state index in [4.69, 9.17) is 0 Å². The predicted molar refractivity (Wildman–Crippen MR) is 142 cm³/mol. The highest BCUT2D eigenvalue weighted by Crippen LogP contribution is 2.30. The highest BCUT2D eigenvalue weighted by atomic mass is 19.4. The molecule has 0 aliphatic rings. The van der Waals surface area contributed by atoms with Crippen molar-refractivity contribution < 1.29 is 40.7 Å². The molecule has 0 spiro atoms. The number of hydrogen-bond acceptors (Lipinski definition) is 6. The van der Waals surface area contributed by atoms with Gasteiger partial charge in [-0.1, -0.05) is 36.4 Å². The highest BCUT2D eigenvalue weighted by Gasteiger charge is 2.40. The molecule has 5 rings (SSSR count). The average molecular weight is 607 g/mol. The Morgan fingerprint density at radius 2 is 1.37 bits per heavy atom. The second-order valence-electron chi connectivity index (χ2n) is 8.35. The number of H-pyrrole nitrogens is 1. The summed E-state index contributed by atoms with van der Waals surface area (Å²) in [7, 11) is 0. The van der Waals surface area contributed by atoms with E-state index < -0.39 is 24.0 Å². The van der Waals surface area contributed by atoms with E-state index in [1.807, 2.05) is 65.8 Å². The number of alkyl halides is 6. The average Bonchev–Trinajstić information content (AvgIpc) is 3.75. The fourth-order valence-corrected chi connectivity index (χ4v) is 3.45. The van der Waals surface area contributed by atoms with Crippen molar-refractivity contribution in [3.05, 3.63) is 103 Å². The molecule has 2 aromatic carbocycles. The minimum Gasteiger partial charge on any atom is -0.459 e. The van der Waals surface area contributed by atoms with Crippen LogP contribution in [0.1, 0.15) is 30.2 Å². The number of rotatable bonds is 5. The topological polar surface area (TPSA) is 108 Å². The van der Waals surface area contributed by atoms with Gasteiger partial charge in [0, 0.05) is 43.1 Å². The van der Waals surface area contributed by atoms with E-state index in [2.05, 4.69) is 19.8 Å². The number of hydrogen-bond donors (Lipinski definition) is 1. The van der Waals surface area contributed by atoms with Gasteiger partial charge in [-0.3, -0.25) is 19.0 Å². The van der Waals surface area contributed by atoms with Crippen molar-refractivity contribution in [2.45, 2.75) is 26.2 Å². The van der Waals surface area contributed by atoms with Crippen LogP contribution in [0.4, 0.5) is 26.3 Å². The van der Waals surface area contributed by atoms with Crippen LogP contribution in [-0.4, -0.2) is 53.8 Å². The zero-order valence-corrected chi connectivity index (χ0v) is 22.6. The number of nitrogens with one attached hydrogen (secondary N) is 1. The van der Waals surface area contributed by atoms with Crippen LogP contribution in [0.15, 0.2) is 91.5 Å². The van der Waals surface area contributed by atoms with Crippen LogP contribution < -0.4 is 0 Å². The standard InChI is InChI=1S/C13H9F3N4.C11H10N2O.C4H5F3O2/c14-13(15,16)11-8-10(18-19-11)12-17-6-7-20(12)9-4-2-1-3-5-9;1-9(14)11-12-7-8-13(11)10-5-3-2-4-6-10;1-2-9-3(8)4(5,6)7/h1-8H,(H,18,19);2-8H,1H3;2H2,1H3. The molecule has 43 heavy (non-hydrogen) atoms. The number of halogens is 6. The van der Waals surface area contributed by atoms with Gasteiger partial charge >= 0.3 is 18.3 Å². The molecule has 0 saturated heterocycles. The van der Waals surface area contributed by atoms with E-state index in [0.717, 1.165) is 17.4 Å². The van der Waals surface area contributed by atoms with E-state index in [9.17, 15) is 35.9 Å². The Bertz CT molecular complexity index is 1610. The minimum absolute atomic E-state index is 0.0288. The number of benzene rings is 2. The second kappa shape index (κ2) is 14.1. The smallest absolute Gasteiger partial charge is 0.459 e. The van der Waals surface area contributed by atoms with Gasteiger partial charge < -0.3 is 4.74 Å². The van der Waals surface area contributed by atoms with Crippen LogP contribution >= 0.6 is 0 Å². The Morgan fingerprint density at radius 3 is 1.84 bits per heavy atom. The number of aromatic amines is 1. The van der Waals surface area contributed by atoms with E-state index >= 15 is 0 Å². The Balaban J connectivity index is 0.000000192. The first-order chi connectivity index (χ1) is 20.3. The third-order valence-electron chi connectivity index (χ3n) is 5.28. The van der Waals surface area contributed by atoms with Crippen LogP contribution in [0.25, 0.3) is 22.9 Å². The molecule has 1 N–H and O–H groups in total. The summed E-state index contributed by atoms with van der Waals surface area (Å²) in [5.74, 6) is -1.34. The first-order valence-electron chi connectivity index (χ1n) is 12.4. The Kier molecular flexibility index (Phi) is 10.6. The zero-order chi connectivity index (χ0) is 31.6. The van der Waals surface area contributed by atoms with Crippen molar-refractivity contribution in [3.63, 3.8) is 0 Å². The summed E-state index contributed by atoms with van der Waals surface area (Å²) in [6.45, 7) is 2.57. The lowest BCUT2D eigenvalue weighted by atomic mass is 10.3. The van der Waals surface area contributed by atoms with Crippen molar-refractivity contribution in [1.29, 1.82) is 0 Å². The van der Waals surface area contributed by atoms with Crippen molar-refractivity contribution in [1.82, 2.24) is 29.3 Å². The van der Waals surface area contributed by atoms with Crippen molar-refractivity contribution in [2.75, 3.05) is 6.61 Å². The summed E-state index contributed by atoms with van der Waals surface area (Å²) in [4.78, 5) is 29.0. The summed E-state index contributed by atoms with van der Waals surface area (Å²) in [6.07, 6.45) is -2.70. The van der Waals surface area contributed by atoms with Gasteiger partial charge in [0.05, 0.1) is 6.61 Å². The second-order valence-corrected chi connectivity index (χ2v) is 8.35. The number of nitrogens with zero attached hydrogens (tertiary/aromatic N) is 5. The van der Waals surface area contributed by atoms with Crippen molar-refractivity contribution >= 4 is 11.8 Å². The maximum Gasteiger partial charge on any atom is 0.490 e. The molecule has 0 aliphatic carbocycles. The van der Waals surface area contributed by atoms with Crippen LogP contribution in [0.5, 0.6) is 0 Å². The lowest BCUT2D eigenvalue weighted by molar-refractivity contribution is -0.199. The molecule has 3 heterocycles. The fourth-order valence-electron chi connectivity index (χ4n) is 3.45. The largest absolute Gasteiger partial charge is 0.490 e.